The van der Waals surface area contributed by atoms with Crippen LogP contribution in [0.2, 0.25) is 0 Å². The van der Waals surface area contributed by atoms with Gasteiger partial charge in [-0.2, -0.15) is 0 Å². The molecule has 2 rings (SSSR count). The van der Waals surface area contributed by atoms with E-state index in [4.69, 9.17) is 22.7 Å². The van der Waals surface area contributed by atoms with Crippen LogP contribution in [0.4, 0.5) is 5.69 Å². The number of hydrogen-bond acceptors (Lipinski definition) is 4. The summed E-state index contributed by atoms with van der Waals surface area (Å²) in [5, 5.41) is 3.46. The molecule has 5 heteroatoms. The SMILES string of the molecule is CCN1CCOC(CNc2c(C)cccc2C(N)=S)C1. The number of nitrogens with two attached hydrogens (primary N) is 1. The van der Waals surface area contributed by atoms with Crippen LogP contribution in [0, 0.1) is 6.92 Å². The molecule has 1 saturated heterocycles. The number of rotatable bonds is 5. The van der Waals surface area contributed by atoms with Crippen molar-refractivity contribution in [3.05, 3.63) is 29.3 Å². The predicted molar refractivity (Wildman–Crippen MR) is 87.4 cm³/mol. The maximum atomic E-state index is 5.80. The van der Waals surface area contributed by atoms with E-state index >= 15 is 0 Å². The third-order valence-electron chi connectivity index (χ3n) is 3.71. The molecule has 0 bridgehead atoms. The van der Waals surface area contributed by atoms with Crippen LogP contribution in [0.3, 0.4) is 0 Å². The van der Waals surface area contributed by atoms with Crippen molar-refractivity contribution in [3.8, 4) is 0 Å². The molecule has 20 heavy (non-hydrogen) atoms. The summed E-state index contributed by atoms with van der Waals surface area (Å²) in [5.74, 6) is 0. The maximum absolute atomic E-state index is 5.80. The van der Waals surface area contributed by atoms with E-state index < -0.39 is 0 Å². The van der Waals surface area contributed by atoms with Gasteiger partial charge in [-0.1, -0.05) is 31.3 Å². The summed E-state index contributed by atoms with van der Waals surface area (Å²) in [6.07, 6.45) is 0.211. The van der Waals surface area contributed by atoms with E-state index in [9.17, 15) is 0 Å². The highest BCUT2D eigenvalue weighted by Gasteiger charge is 2.19. The molecule has 1 aliphatic heterocycles. The Labute approximate surface area is 126 Å². The minimum absolute atomic E-state index is 0.211. The molecule has 1 heterocycles. The number of hydrogen-bond donors (Lipinski definition) is 2. The third-order valence-corrected chi connectivity index (χ3v) is 3.93. The van der Waals surface area contributed by atoms with E-state index in [1.165, 1.54) is 0 Å². The van der Waals surface area contributed by atoms with Crippen LogP contribution < -0.4 is 11.1 Å². The Kier molecular flexibility index (Phi) is 5.34. The lowest BCUT2D eigenvalue weighted by Crippen LogP contribution is -2.45. The summed E-state index contributed by atoms with van der Waals surface area (Å²) in [4.78, 5) is 2.83. The summed E-state index contributed by atoms with van der Waals surface area (Å²) in [6, 6.07) is 5.99. The molecule has 0 aliphatic carbocycles. The number of nitrogens with zero attached hydrogens (tertiary/aromatic N) is 1. The van der Waals surface area contributed by atoms with Crippen molar-refractivity contribution in [3.63, 3.8) is 0 Å². The van der Waals surface area contributed by atoms with E-state index in [1.54, 1.807) is 0 Å². The standard InChI is InChI=1S/C15H23N3OS/c1-3-18-7-8-19-12(10-18)9-17-14-11(2)5-4-6-13(14)15(16)20/h4-6,12,17H,3,7-10H2,1-2H3,(H2,16,20). The van der Waals surface area contributed by atoms with E-state index in [0.717, 1.165) is 49.6 Å². The number of aryl methyl sites for hydroxylation is 1. The van der Waals surface area contributed by atoms with Gasteiger partial charge in [0.2, 0.25) is 0 Å². The molecular formula is C15H23N3OS. The van der Waals surface area contributed by atoms with Gasteiger partial charge in [0.05, 0.1) is 12.7 Å². The van der Waals surface area contributed by atoms with Gasteiger partial charge in [-0.25, -0.2) is 0 Å². The van der Waals surface area contributed by atoms with Gasteiger partial charge in [0.15, 0.2) is 0 Å². The highest BCUT2D eigenvalue weighted by atomic mass is 32.1. The fourth-order valence-corrected chi connectivity index (χ4v) is 2.68. The second-order valence-corrected chi connectivity index (χ2v) is 5.57. The van der Waals surface area contributed by atoms with E-state index in [0.29, 0.717) is 4.99 Å². The van der Waals surface area contributed by atoms with Gasteiger partial charge >= 0.3 is 0 Å². The van der Waals surface area contributed by atoms with Crippen molar-refractivity contribution in [1.29, 1.82) is 0 Å². The highest BCUT2D eigenvalue weighted by molar-refractivity contribution is 7.80. The lowest BCUT2D eigenvalue weighted by molar-refractivity contribution is -0.0191. The molecule has 1 unspecified atom stereocenters. The van der Waals surface area contributed by atoms with Crippen LogP contribution in [0.25, 0.3) is 0 Å². The molecule has 1 atom stereocenters. The molecule has 110 valence electrons. The number of anilines is 1. The third kappa shape index (κ3) is 3.69. The van der Waals surface area contributed by atoms with Crippen LogP contribution in [-0.4, -0.2) is 48.8 Å². The largest absolute Gasteiger partial charge is 0.389 e. The topological polar surface area (TPSA) is 50.5 Å². The first kappa shape index (κ1) is 15.2. The second kappa shape index (κ2) is 7.02. The van der Waals surface area contributed by atoms with Crippen molar-refractivity contribution >= 4 is 22.9 Å². The van der Waals surface area contributed by atoms with Gasteiger partial charge in [0.25, 0.3) is 0 Å². The lowest BCUT2D eigenvalue weighted by Gasteiger charge is -2.32. The molecule has 0 radical (unpaired) electrons. The van der Waals surface area contributed by atoms with Gasteiger partial charge in [-0.05, 0) is 25.1 Å². The Morgan fingerprint density at radius 1 is 1.55 bits per heavy atom. The molecule has 1 fully saturated rings. The quantitative estimate of drug-likeness (QED) is 0.810. The molecule has 0 spiro atoms. The molecule has 4 nitrogen and oxygen atoms in total. The molecule has 0 saturated carbocycles. The van der Waals surface area contributed by atoms with Crippen LogP contribution in [0.15, 0.2) is 18.2 Å². The van der Waals surface area contributed by atoms with Gasteiger partial charge < -0.3 is 15.8 Å². The number of nitrogens with one attached hydrogen (secondary N) is 1. The molecule has 1 aromatic carbocycles. The molecule has 1 aliphatic rings. The van der Waals surface area contributed by atoms with Crippen molar-refractivity contribution in [2.24, 2.45) is 5.73 Å². The Morgan fingerprint density at radius 2 is 2.35 bits per heavy atom. The number of para-hydroxylation sites is 1. The summed E-state index contributed by atoms with van der Waals surface area (Å²) in [6.45, 7) is 8.88. The fourth-order valence-electron chi connectivity index (χ4n) is 2.51. The Hall–Kier alpha value is -1.17. The number of likely N-dealkylation sites (N-methyl/N-ethyl adjacent to an activating group) is 1. The van der Waals surface area contributed by atoms with Crippen molar-refractivity contribution in [2.45, 2.75) is 20.0 Å². The summed E-state index contributed by atoms with van der Waals surface area (Å²) < 4.78 is 5.80. The van der Waals surface area contributed by atoms with E-state index in [2.05, 4.69) is 30.1 Å². The molecule has 0 aromatic heterocycles. The smallest absolute Gasteiger partial charge is 0.106 e. The first-order valence-electron chi connectivity index (χ1n) is 7.09. The number of morpholine rings is 1. The lowest BCUT2D eigenvalue weighted by atomic mass is 10.1. The zero-order valence-corrected chi connectivity index (χ0v) is 13.0. The van der Waals surface area contributed by atoms with E-state index in [1.807, 2.05) is 12.1 Å². The number of benzene rings is 1. The first-order chi connectivity index (χ1) is 9.61. The molecule has 3 N–H and O–H groups in total. The zero-order chi connectivity index (χ0) is 14.5. The average Bonchev–Trinajstić information content (AvgIpc) is 2.45. The van der Waals surface area contributed by atoms with E-state index in [-0.39, 0.29) is 6.10 Å². The summed E-state index contributed by atoms with van der Waals surface area (Å²) >= 11 is 5.12. The van der Waals surface area contributed by atoms with Crippen LogP contribution in [-0.2, 0) is 4.74 Å². The average molecular weight is 293 g/mol. The van der Waals surface area contributed by atoms with Gasteiger partial charge in [-0.15, -0.1) is 0 Å². The minimum Gasteiger partial charge on any atom is -0.389 e. The van der Waals surface area contributed by atoms with Crippen molar-refractivity contribution in [2.75, 3.05) is 38.1 Å². The number of thiocarbonyl (C=S) groups is 1. The van der Waals surface area contributed by atoms with Gasteiger partial charge in [0, 0.05) is 30.9 Å². The van der Waals surface area contributed by atoms with Crippen molar-refractivity contribution < 1.29 is 4.74 Å². The van der Waals surface area contributed by atoms with Crippen molar-refractivity contribution in [1.82, 2.24) is 4.90 Å². The molecule has 0 amide bonds. The van der Waals surface area contributed by atoms with Crippen LogP contribution >= 0.6 is 12.2 Å². The van der Waals surface area contributed by atoms with Crippen LogP contribution in [0.5, 0.6) is 0 Å². The number of ether oxygens (including phenoxy) is 1. The summed E-state index contributed by atoms with van der Waals surface area (Å²) in [7, 11) is 0. The Balaban J connectivity index is 2.02. The zero-order valence-electron chi connectivity index (χ0n) is 12.2. The maximum Gasteiger partial charge on any atom is 0.106 e. The fraction of sp³-hybridized carbons (Fsp3) is 0.533. The van der Waals surface area contributed by atoms with Gasteiger partial charge in [-0.3, -0.25) is 4.90 Å². The minimum atomic E-state index is 0.211. The monoisotopic (exact) mass is 293 g/mol. The molecule has 1 aromatic rings. The Bertz CT molecular complexity index is 478. The van der Waals surface area contributed by atoms with Gasteiger partial charge in [0.1, 0.15) is 4.99 Å². The predicted octanol–water partition coefficient (Wildman–Crippen LogP) is 1.76. The normalized spacial score (nSPS) is 19.8. The second-order valence-electron chi connectivity index (χ2n) is 5.13. The Morgan fingerprint density at radius 3 is 3.05 bits per heavy atom. The highest BCUT2D eigenvalue weighted by Crippen LogP contribution is 2.21. The summed E-state index contributed by atoms with van der Waals surface area (Å²) in [5.41, 5.74) is 8.87. The first-order valence-corrected chi connectivity index (χ1v) is 7.50. The van der Waals surface area contributed by atoms with Crippen LogP contribution in [0.1, 0.15) is 18.1 Å². The molecular weight excluding hydrogens is 270 g/mol.